The number of carbonyl (C=O) groups excluding carboxylic acids is 4. The first kappa shape index (κ1) is 42.9. The number of hydrogen-bond acceptors (Lipinski definition) is 8. The molecule has 1 saturated heterocycles. The van der Waals surface area contributed by atoms with Crippen molar-refractivity contribution in [2.45, 2.75) is 0 Å². The zero-order valence-electron chi connectivity index (χ0n) is 30.7. The van der Waals surface area contributed by atoms with Crippen LogP contribution in [0.2, 0.25) is 25.2 Å². The Morgan fingerprint density at radius 1 is 0.508 bits per heavy atom. The molecule has 0 aliphatic carbocycles. The third-order valence-electron chi connectivity index (χ3n) is 8.56. The molecule has 0 unspecified atom stereocenters. The molecule has 1 aliphatic rings. The molecule has 17 heteroatoms. The van der Waals surface area contributed by atoms with E-state index in [0.29, 0.717) is 70.2 Å². The summed E-state index contributed by atoms with van der Waals surface area (Å²) in [6, 6.07) is 29.4. The Hall–Kier alpha value is -5.73. The molecular formula is C42H33Cl5N8O4. The highest BCUT2D eigenvalue weighted by Gasteiger charge is 2.16. The molecule has 59 heavy (non-hydrogen) atoms. The lowest BCUT2D eigenvalue weighted by Gasteiger charge is -2.28. The number of pyridine rings is 2. The summed E-state index contributed by atoms with van der Waals surface area (Å²) in [5.74, 6) is -0.552. The Labute approximate surface area is 364 Å². The second kappa shape index (κ2) is 20.3. The summed E-state index contributed by atoms with van der Waals surface area (Å²) in [6.07, 6.45) is 2.93. The zero-order chi connectivity index (χ0) is 41.9. The van der Waals surface area contributed by atoms with Crippen LogP contribution in [0.1, 0.15) is 41.4 Å². The number of nitrogens with one attached hydrogen (secondary N) is 5. The summed E-state index contributed by atoms with van der Waals surface area (Å²) in [6.45, 7) is 3.59. The molecule has 0 radical (unpaired) electrons. The molecule has 7 rings (SSSR count). The SMILES string of the molecule is O=C(Nc1ccc(Cl)c(NC(=O)c2cccc(Cl)c2)c1)c1ccc(Cl)nc1.O=C(Nc1ccc(Cl)c(NC(=O)c2cccc(Cl)c2)c1)c1ccc(N2CCNCC2)nc1. The molecule has 6 aromatic rings. The fraction of sp³-hybridized carbons (Fsp3) is 0.0952. The van der Waals surface area contributed by atoms with Gasteiger partial charge in [-0.2, -0.15) is 0 Å². The van der Waals surface area contributed by atoms with Crippen molar-refractivity contribution >= 4 is 110 Å². The average molecular weight is 891 g/mol. The highest BCUT2D eigenvalue weighted by Crippen LogP contribution is 2.28. The summed E-state index contributed by atoms with van der Waals surface area (Å²) in [4.78, 5) is 60.3. The maximum absolute atomic E-state index is 12.7. The van der Waals surface area contributed by atoms with Crippen LogP contribution in [-0.4, -0.2) is 59.8 Å². The maximum Gasteiger partial charge on any atom is 0.257 e. The van der Waals surface area contributed by atoms with Crippen LogP contribution in [0.4, 0.5) is 28.6 Å². The molecular weight excluding hydrogens is 858 g/mol. The van der Waals surface area contributed by atoms with Crippen LogP contribution in [0.15, 0.2) is 122 Å². The van der Waals surface area contributed by atoms with E-state index >= 15 is 0 Å². The van der Waals surface area contributed by atoms with Gasteiger partial charge >= 0.3 is 0 Å². The van der Waals surface area contributed by atoms with Crippen LogP contribution < -0.4 is 31.5 Å². The van der Waals surface area contributed by atoms with Gasteiger partial charge in [0.25, 0.3) is 23.6 Å². The van der Waals surface area contributed by atoms with Gasteiger partial charge in [0, 0.05) is 71.1 Å². The molecule has 4 aromatic carbocycles. The zero-order valence-corrected chi connectivity index (χ0v) is 34.5. The minimum absolute atomic E-state index is 0.295. The molecule has 2 aromatic heterocycles. The second-order valence-electron chi connectivity index (χ2n) is 12.7. The lowest BCUT2D eigenvalue weighted by atomic mass is 10.2. The summed E-state index contributed by atoms with van der Waals surface area (Å²) in [5, 5.41) is 16.2. The van der Waals surface area contributed by atoms with Crippen molar-refractivity contribution in [3.63, 3.8) is 0 Å². The second-order valence-corrected chi connectivity index (χ2v) is 14.8. The van der Waals surface area contributed by atoms with E-state index in [4.69, 9.17) is 58.0 Å². The third-order valence-corrected chi connectivity index (χ3v) is 9.91. The number of nitrogens with zero attached hydrogens (tertiary/aromatic N) is 3. The van der Waals surface area contributed by atoms with E-state index in [1.165, 1.54) is 12.3 Å². The Kier molecular flexibility index (Phi) is 14.7. The third kappa shape index (κ3) is 12.1. The quantitative estimate of drug-likeness (QED) is 0.0899. The Morgan fingerprint density at radius 3 is 1.42 bits per heavy atom. The van der Waals surface area contributed by atoms with Crippen molar-refractivity contribution < 1.29 is 19.2 Å². The number of halogens is 5. The van der Waals surface area contributed by atoms with E-state index in [1.807, 2.05) is 6.07 Å². The van der Waals surface area contributed by atoms with Crippen molar-refractivity contribution in [1.29, 1.82) is 0 Å². The molecule has 0 spiro atoms. The van der Waals surface area contributed by atoms with Crippen LogP contribution in [0.5, 0.6) is 0 Å². The van der Waals surface area contributed by atoms with Gasteiger partial charge in [-0.25, -0.2) is 9.97 Å². The summed E-state index contributed by atoms with van der Waals surface area (Å²) >= 11 is 30.0. The minimum Gasteiger partial charge on any atom is -0.354 e. The van der Waals surface area contributed by atoms with Crippen LogP contribution in [0, 0.1) is 0 Å². The number of hydrogen-bond donors (Lipinski definition) is 5. The van der Waals surface area contributed by atoms with E-state index < -0.39 is 0 Å². The van der Waals surface area contributed by atoms with E-state index in [0.717, 1.165) is 32.0 Å². The van der Waals surface area contributed by atoms with E-state index in [-0.39, 0.29) is 23.6 Å². The number of rotatable bonds is 9. The standard InChI is InChI=1S/C23H21Cl2N5O2.C19H12Cl3N3O2/c24-17-3-1-2-15(12-17)22(31)29-20-13-18(5-6-19(20)25)28-23(32)16-4-7-21(27-14-16)30-10-8-26-9-11-30;20-13-3-1-2-11(8-13)18(26)25-16-9-14(5-6-15(16)21)24-19(27)12-4-7-17(22)23-10-12/h1-7,12-14,26H,8-11H2,(H,28,32)(H,29,31);1-10H,(H,24,27)(H,25,26). The summed E-state index contributed by atoms with van der Waals surface area (Å²) in [5.41, 5.74) is 3.25. The average Bonchev–Trinajstić information content (AvgIpc) is 3.24. The number of amides is 4. The lowest BCUT2D eigenvalue weighted by Crippen LogP contribution is -2.43. The van der Waals surface area contributed by atoms with Gasteiger partial charge in [0.15, 0.2) is 0 Å². The van der Waals surface area contributed by atoms with Crippen LogP contribution in [0.25, 0.3) is 0 Å². The Morgan fingerprint density at radius 2 is 0.983 bits per heavy atom. The van der Waals surface area contributed by atoms with Gasteiger partial charge in [-0.15, -0.1) is 0 Å². The molecule has 0 saturated carbocycles. The van der Waals surface area contributed by atoms with Crippen LogP contribution in [0.3, 0.4) is 0 Å². The molecule has 4 amide bonds. The fourth-order valence-electron chi connectivity index (χ4n) is 5.56. The lowest BCUT2D eigenvalue weighted by molar-refractivity contribution is 0.101. The largest absolute Gasteiger partial charge is 0.354 e. The molecule has 0 bridgehead atoms. The Bertz CT molecular complexity index is 2480. The van der Waals surface area contributed by atoms with Crippen molar-refractivity contribution in [3.8, 4) is 0 Å². The first-order valence-electron chi connectivity index (χ1n) is 17.8. The molecule has 0 atom stereocenters. The van der Waals surface area contributed by atoms with E-state index in [1.54, 1.807) is 103 Å². The predicted octanol–water partition coefficient (Wildman–Crippen LogP) is 9.85. The molecule has 12 nitrogen and oxygen atoms in total. The fourth-order valence-corrected chi connectivity index (χ4v) is 6.39. The molecule has 3 heterocycles. The highest BCUT2D eigenvalue weighted by molar-refractivity contribution is 6.35. The normalized spacial score (nSPS) is 12.1. The van der Waals surface area contributed by atoms with Crippen molar-refractivity contribution in [2.75, 3.05) is 52.3 Å². The van der Waals surface area contributed by atoms with Gasteiger partial charge in [-0.1, -0.05) is 70.1 Å². The van der Waals surface area contributed by atoms with E-state index in [9.17, 15) is 19.2 Å². The van der Waals surface area contributed by atoms with E-state index in [2.05, 4.69) is 41.5 Å². The van der Waals surface area contributed by atoms with Crippen molar-refractivity contribution in [1.82, 2.24) is 15.3 Å². The number of benzene rings is 4. The topological polar surface area (TPSA) is 157 Å². The maximum atomic E-state index is 12.7. The minimum atomic E-state index is -0.371. The number of aromatic nitrogens is 2. The molecule has 1 fully saturated rings. The summed E-state index contributed by atoms with van der Waals surface area (Å²) < 4.78 is 0. The highest BCUT2D eigenvalue weighted by atomic mass is 35.5. The van der Waals surface area contributed by atoms with Crippen LogP contribution in [-0.2, 0) is 0 Å². The summed E-state index contributed by atoms with van der Waals surface area (Å²) in [7, 11) is 0. The predicted molar refractivity (Wildman–Crippen MR) is 236 cm³/mol. The number of anilines is 5. The van der Waals surface area contributed by atoms with Gasteiger partial charge < -0.3 is 31.5 Å². The van der Waals surface area contributed by atoms with Gasteiger partial charge in [0.1, 0.15) is 11.0 Å². The van der Waals surface area contributed by atoms with Crippen molar-refractivity contribution in [2.24, 2.45) is 0 Å². The molecule has 1 aliphatic heterocycles. The Balaban J connectivity index is 0.000000201. The molecule has 5 N–H and O–H groups in total. The number of carbonyl (C=O) groups is 4. The van der Waals surface area contributed by atoms with Gasteiger partial charge in [0.05, 0.1) is 32.5 Å². The van der Waals surface area contributed by atoms with Crippen LogP contribution >= 0.6 is 58.0 Å². The molecule has 300 valence electrons. The smallest absolute Gasteiger partial charge is 0.257 e. The van der Waals surface area contributed by atoms with Gasteiger partial charge in [0.2, 0.25) is 0 Å². The van der Waals surface area contributed by atoms with Gasteiger partial charge in [-0.05, 0) is 97.1 Å². The number of piperazine rings is 1. The van der Waals surface area contributed by atoms with Gasteiger partial charge in [-0.3, -0.25) is 19.2 Å². The first-order valence-corrected chi connectivity index (χ1v) is 19.7. The monoisotopic (exact) mass is 888 g/mol. The van der Waals surface area contributed by atoms with Crippen molar-refractivity contribution in [3.05, 3.63) is 169 Å². The first-order chi connectivity index (χ1) is 28.4.